The molecule has 0 radical (unpaired) electrons. The van der Waals surface area contributed by atoms with Gasteiger partial charge in [-0.25, -0.2) is 13.1 Å². The number of nitrogens with zero attached hydrogens (tertiary/aromatic N) is 2. The molecule has 1 aromatic carbocycles. The molecule has 18 heavy (non-hydrogen) atoms. The number of sulfonamides is 1. The maximum atomic E-state index is 12.1. The van der Waals surface area contributed by atoms with Gasteiger partial charge in [-0.15, -0.1) is 0 Å². The monoisotopic (exact) mass is 266 g/mol. The summed E-state index contributed by atoms with van der Waals surface area (Å²) in [6.07, 6.45) is 1.55. The van der Waals surface area contributed by atoms with E-state index in [0.29, 0.717) is 18.1 Å². The first-order valence-corrected chi connectivity index (χ1v) is 6.91. The van der Waals surface area contributed by atoms with Crippen LogP contribution < -0.4 is 10.5 Å². The highest BCUT2D eigenvalue weighted by Gasteiger charge is 2.15. The summed E-state index contributed by atoms with van der Waals surface area (Å²) in [6, 6.07) is 7.63. The topological polar surface area (TPSA) is 90.0 Å². The molecule has 0 fully saturated rings. The zero-order chi connectivity index (χ0) is 13.2. The number of benzene rings is 1. The summed E-state index contributed by atoms with van der Waals surface area (Å²) in [5.41, 5.74) is 6.04. The third-order valence-electron chi connectivity index (χ3n) is 2.45. The first-order valence-electron chi connectivity index (χ1n) is 5.43. The molecule has 2 rings (SSSR count). The molecule has 0 aliphatic heterocycles. The van der Waals surface area contributed by atoms with Crippen LogP contribution in [0.4, 0.5) is 11.5 Å². The minimum Gasteiger partial charge on any atom is -0.399 e. The number of hydrogen-bond donors (Lipinski definition) is 2. The Morgan fingerprint density at radius 1 is 1.28 bits per heavy atom. The number of hydrogen-bond acceptors (Lipinski definition) is 4. The SMILES string of the molecule is CCn1nccc1NS(=O)(=O)c1ccc(N)cc1. The van der Waals surface area contributed by atoms with Crippen LogP contribution in [0.25, 0.3) is 0 Å². The van der Waals surface area contributed by atoms with E-state index in [-0.39, 0.29) is 4.90 Å². The molecule has 1 heterocycles. The Kier molecular flexibility index (Phi) is 3.24. The first kappa shape index (κ1) is 12.4. The lowest BCUT2D eigenvalue weighted by Crippen LogP contribution is -2.16. The van der Waals surface area contributed by atoms with E-state index in [4.69, 9.17) is 5.73 Å². The predicted molar refractivity (Wildman–Crippen MR) is 69.6 cm³/mol. The number of nitrogens with one attached hydrogen (secondary N) is 1. The molecule has 96 valence electrons. The van der Waals surface area contributed by atoms with Crippen molar-refractivity contribution in [1.82, 2.24) is 9.78 Å². The largest absolute Gasteiger partial charge is 0.399 e. The molecule has 0 amide bonds. The zero-order valence-corrected chi connectivity index (χ0v) is 10.7. The molecule has 1 aromatic heterocycles. The van der Waals surface area contributed by atoms with Crippen LogP contribution in [0.3, 0.4) is 0 Å². The third kappa shape index (κ3) is 2.45. The van der Waals surface area contributed by atoms with Gasteiger partial charge in [-0.2, -0.15) is 5.10 Å². The van der Waals surface area contributed by atoms with Crippen LogP contribution in [0, 0.1) is 0 Å². The van der Waals surface area contributed by atoms with Gasteiger partial charge in [0.1, 0.15) is 5.82 Å². The molecule has 0 saturated heterocycles. The average molecular weight is 266 g/mol. The smallest absolute Gasteiger partial charge is 0.263 e. The Bertz CT molecular complexity index is 631. The van der Waals surface area contributed by atoms with E-state index >= 15 is 0 Å². The Morgan fingerprint density at radius 2 is 1.94 bits per heavy atom. The van der Waals surface area contributed by atoms with Crippen molar-refractivity contribution in [1.29, 1.82) is 0 Å². The Balaban J connectivity index is 2.30. The van der Waals surface area contributed by atoms with E-state index in [2.05, 4.69) is 9.82 Å². The van der Waals surface area contributed by atoms with Crippen LogP contribution in [0.2, 0.25) is 0 Å². The third-order valence-corrected chi connectivity index (χ3v) is 3.82. The molecule has 2 aromatic rings. The number of nitrogens with two attached hydrogens (primary N) is 1. The molecular formula is C11H14N4O2S. The zero-order valence-electron chi connectivity index (χ0n) is 9.87. The van der Waals surface area contributed by atoms with Crippen molar-refractivity contribution in [2.24, 2.45) is 0 Å². The second kappa shape index (κ2) is 4.69. The normalized spacial score (nSPS) is 11.4. The van der Waals surface area contributed by atoms with Gasteiger partial charge in [0.15, 0.2) is 0 Å². The molecule has 0 spiro atoms. The number of aromatic nitrogens is 2. The van der Waals surface area contributed by atoms with Gasteiger partial charge in [0.2, 0.25) is 0 Å². The molecule has 7 heteroatoms. The van der Waals surface area contributed by atoms with E-state index in [9.17, 15) is 8.42 Å². The Hall–Kier alpha value is -2.02. The van der Waals surface area contributed by atoms with Crippen LogP contribution in [0.15, 0.2) is 41.4 Å². The summed E-state index contributed by atoms with van der Waals surface area (Å²) in [6.45, 7) is 2.47. The summed E-state index contributed by atoms with van der Waals surface area (Å²) in [7, 11) is -3.60. The van der Waals surface area contributed by atoms with Crippen molar-refractivity contribution in [2.45, 2.75) is 18.4 Å². The summed E-state index contributed by atoms with van der Waals surface area (Å²) in [4.78, 5) is 0.167. The minimum atomic E-state index is -3.60. The van der Waals surface area contributed by atoms with Gasteiger partial charge in [-0.3, -0.25) is 4.72 Å². The van der Waals surface area contributed by atoms with Gasteiger partial charge in [0.05, 0.1) is 11.1 Å². The molecule has 0 unspecified atom stereocenters. The first-order chi connectivity index (χ1) is 8.53. The van der Waals surface area contributed by atoms with Crippen molar-refractivity contribution in [3.63, 3.8) is 0 Å². The summed E-state index contributed by atoms with van der Waals surface area (Å²) < 4.78 is 28.2. The predicted octanol–water partition coefficient (Wildman–Crippen LogP) is 1.29. The molecule has 0 bridgehead atoms. The van der Waals surface area contributed by atoms with Gasteiger partial charge in [-0.05, 0) is 31.2 Å². The highest BCUT2D eigenvalue weighted by atomic mass is 32.2. The maximum Gasteiger partial charge on any atom is 0.263 e. The fraction of sp³-hybridized carbons (Fsp3) is 0.182. The van der Waals surface area contributed by atoms with E-state index < -0.39 is 10.0 Å². The fourth-order valence-corrected chi connectivity index (χ4v) is 2.58. The van der Waals surface area contributed by atoms with Crippen molar-refractivity contribution >= 4 is 21.5 Å². The average Bonchev–Trinajstić information content (AvgIpc) is 2.76. The molecule has 0 aliphatic rings. The summed E-state index contributed by atoms with van der Waals surface area (Å²) in [5, 5.41) is 4.00. The lowest BCUT2D eigenvalue weighted by atomic mass is 10.3. The lowest BCUT2D eigenvalue weighted by Gasteiger charge is -2.09. The summed E-state index contributed by atoms with van der Waals surface area (Å²) >= 11 is 0. The van der Waals surface area contributed by atoms with Crippen LogP contribution in [0.1, 0.15) is 6.92 Å². The van der Waals surface area contributed by atoms with Gasteiger partial charge in [-0.1, -0.05) is 0 Å². The van der Waals surface area contributed by atoms with Crippen LogP contribution >= 0.6 is 0 Å². The minimum absolute atomic E-state index is 0.167. The number of rotatable bonds is 4. The fourth-order valence-electron chi connectivity index (χ4n) is 1.51. The van der Waals surface area contributed by atoms with E-state index in [1.165, 1.54) is 12.1 Å². The van der Waals surface area contributed by atoms with Crippen LogP contribution in [0.5, 0.6) is 0 Å². The molecular weight excluding hydrogens is 252 g/mol. The van der Waals surface area contributed by atoms with Gasteiger partial charge >= 0.3 is 0 Å². The molecule has 0 aliphatic carbocycles. The van der Waals surface area contributed by atoms with Crippen LogP contribution in [-0.2, 0) is 16.6 Å². The second-order valence-corrected chi connectivity index (χ2v) is 5.39. The Morgan fingerprint density at radius 3 is 2.56 bits per heavy atom. The molecule has 3 N–H and O–H groups in total. The highest BCUT2D eigenvalue weighted by molar-refractivity contribution is 7.92. The van der Waals surface area contributed by atoms with E-state index in [0.717, 1.165) is 0 Å². The molecule has 0 saturated carbocycles. The molecule has 0 atom stereocenters. The highest BCUT2D eigenvalue weighted by Crippen LogP contribution is 2.16. The van der Waals surface area contributed by atoms with Gasteiger partial charge in [0, 0.05) is 18.3 Å². The quantitative estimate of drug-likeness (QED) is 0.816. The van der Waals surface area contributed by atoms with Gasteiger partial charge in [0.25, 0.3) is 10.0 Å². The molecule has 6 nitrogen and oxygen atoms in total. The van der Waals surface area contributed by atoms with Crippen LogP contribution in [-0.4, -0.2) is 18.2 Å². The number of anilines is 2. The van der Waals surface area contributed by atoms with Gasteiger partial charge < -0.3 is 5.73 Å². The summed E-state index contributed by atoms with van der Waals surface area (Å²) in [5.74, 6) is 0.439. The van der Waals surface area contributed by atoms with E-state index in [1.54, 1.807) is 29.1 Å². The van der Waals surface area contributed by atoms with Crippen molar-refractivity contribution in [3.05, 3.63) is 36.5 Å². The second-order valence-electron chi connectivity index (χ2n) is 3.71. The maximum absolute atomic E-state index is 12.1. The van der Waals surface area contributed by atoms with E-state index in [1.807, 2.05) is 6.92 Å². The van der Waals surface area contributed by atoms with Crippen molar-refractivity contribution in [2.75, 3.05) is 10.5 Å². The Labute approximate surface area is 105 Å². The number of nitrogen functional groups attached to an aromatic ring is 1. The van der Waals surface area contributed by atoms with Crippen molar-refractivity contribution in [3.8, 4) is 0 Å². The van der Waals surface area contributed by atoms with Crippen molar-refractivity contribution < 1.29 is 8.42 Å². The standard InChI is InChI=1S/C11H14N4O2S/c1-2-15-11(7-8-13-15)14-18(16,17)10-5-3-9(12)4-6-10/h3-8,14H,2,12H2,1H3. The lowest BCUT2D eigenvalue weighted by molar-refractivity contribution is 0.599. The number of aryl methyl sites for hydroxylation is 1.